The molecule has 1 N–H and O–H groups in total. The van der Waals surface area contributed by atoms with Crippen LogP contribution in [0.5, 0.6) is 0 Å². The zero-order valence-corrected chi connectivity index (χ0v) is 13.2. The Morgan fingerprint density at radius 3 is 2.70 bits per heavy atom. The second kappa shape index (κ2) is 6.40. The highest BCUT2D eigenvalue weighted by molar-refractivity contribution is 7.85. The standard InChI is InChI=1S/C17H25NOS/c1-18-16-8-3-2-4-9-17(16)20(19)15-11-10-13-6-5-7-14(13)12-15/h10-12,16-18H,2-9H2,1H3. The lowest BCUT2D eigenvalue weighted by Gasteiger charge is -2.24. The molecule has 1 aromatic carbocycles. The predicted molar refractivity (Wildman–Crippen MR) is 84.6 cm³/mol. The molecule has 1 saturated carbocycles. The molecule has 0 spiro atoms. The molecule has 3 rings (SSSR count). The van der Waals surface area contributed by atoms with Crippen LogP contribution in [0.15, 0.2) is 23.1 Å². The molecule has 110 valence electrons. The van der Waals surface area contributed by atoms with Gasteiger partial charge in [-0.3, -0.25) is 4.21 Å². The minimum atomic E-state index is -0.866. The molecular formula is C17H25NOS. The average molecular weight is 291 g/mol. The molecule has 2 nitrogen and oxygen atoms in total. The van der Waals surface area contributed by atoms with Crippen molar-refractivity contribution in [3.8, 4) is 0 Å². The highest BCUT2D eigenvalue weighted by atomic mass is 32.2. The first-order valence-electron chi connectivity index (χ1n) is 7.99. The van der Waals surface area contributed by atoms with E-state index >= 15 is 0 Å². The number of fused-ring (bicyclic) bond motifs is 1. The third kappa shape index (κ3) is 2.84. The lowest BCUT2D eigenvalue weighted by molar-refractivity contribution is 0.500. The molecule has 0 heterocycles. The number of hydrogen-bond acceptors (Lipinski definition) is 2. The Morgan fingerprint density at radius 1 is 1.05 bits per heavy atom. The van der Waals surface area contributed by atoms with Gasteiger partial charge >= 0.3 is 0 Å². The smallest absolute Gasteiger partial charge is 0.0576 e. The summed E-state index contributed by atoms with van der Waals surface area (Å²) in [4.78, 5) is 1.05. The molecule has 0 aliphatic heterocycles. The van der Waals surface area contributed by atoms with E-state index in [2.05, 4.69) is 23.5 Å². The number of aryl methyl sites for hydroxylation is 2. The molecule has 3 atom stereocenters. The molecule has 0 saturated heterocycles. The van der Waals surface area contributed by atoms with Gasteiger partial charge in [-0.25, -0.2) is 0 Å². The SMILES string of the molecule is CNC1CCCCCC1S(=O)c1ccc2c(c1)CCC2. The Balaban J connectivity index is 1.83. The van der Waals surface area contributed by atoms with Gasteiger partial charge in [-0.05, 0) is 62.4 Å². The highest BCUT2D eigenvalue weighted by Crippen LogP contribution is 2.29. The van der Waals surface area contributed by atoms with Crippen LogP contribution in [0.3, 0.4) is 0 Å². The number of benzene rings is 1. The molecule has 2 aliphatic carbocycles. The minimum absolute atomic E-state index is 0.280. The zero-order valence-electron chi connectivity index (χ0n) is 12.4. The fourth-order valence-electron chi connectivity index (χ4n) is 3.71. The molecule has 3 unspecified atom stereocenters. The molecule has 0 amide bonds. The number of nitrogens with one attached hydrogen (secondary N) is 1. The van der Waals surface area contributed by atoms with Crippen LogP contribution >= 0.6 is 0 Å². The van der Waals surface area contributed by atoms with Gasteiger partial charge in [-0.1, -0.05) is 25.3 Å². The third-order valence-corrected chi connectivity index (χ3v) is 6.73. The van der Waals surface area contributed by atoms with Gasteiger partial charge in [-0.15, -0.1) is 0 Å². The summed E-state index contributed by atoms with van der Waals surface area (Å²) in [7, 11) is 1.15. The maximum Gasteiger partial charge on any atom is 0.0576 e. The van der Waals surface area contributed by atoms with E-state index in [1.165, 1.54) is 49.7 Å². The summed E-state index contributed by atoms with van der Waals surface area (Å²) < 4.78 is 13.0. The van der Waals surface area contributed by atoms with Crippen LogP contribution in [0.25, 0.3) is 0 Å². The summed E-state index contributed by atoms with van der Waals surface area (Å²) >= 11 is 0. The maximum absolute atomic E-state index is 13.0. The van der Waals surface area contributed by atoms with E-state index in [0.717, 1.165) is 17.7 Å². The van der Waals surface area contributed by atoms with E-state index in [4.69, 9.17) is 0 Å². The van der Waals surface area contributed by atoms with Crippen molar-refractivity contribution in [2.45, 2.75) is 67.6 Å². The van der Waals surface area contributed by atoms with Crippen molar-refractivity contribution in [2.75, 3.05) is 7.05 Å². The van der Waals surface area contributed by atoms with E-state index < -0.39 is 10.8 Å². The van der Waals surface area contributed by atoms with Crippen molar-refractivity contribution >= 4 is 10.8 Å². The van der Waals surface area contributed by atoms with Crippen molar-refractivity contribution in [2.24, 2.45) is 0 Å². The van der Waals surface area contributed by atoms with Crippen molar-refractivity contribution < 1.29 is 4.21 Å². The molecule has 3 heteroatoms. The third-order valence-electron chi connectivity index (χ3n) is 4.90. The van der Waals surface area contributed by atoms with Crippen molar-refractivity contribution in [3.63, 3.8) is 0 Å². The van der Waals surface area contributed by atoms with Gasteiger partial charge in [0.2, 0.25) is 0 Å². The lowest BCUT2D eigenvalue weighted by Crippen LogP contribution is -2.39. The summed E-state index contributed by atoms with van der Waals surface area (Å²) in [6.45, 7) is 0. The van der Waals surface area contributed by atoms with E-state index in [-0.39, 0.29) is 5.25 Å². The van der Waals surface area contributed by atoms with Gasteiger partial charge in [0.1, 0.15) is 0 Å². The van der Waals surface area contributed by atoms with Crippen LogP contribution in [0.1, 0.15) is 49.7 Å². The zero-order chi connectivity index (χ0) is 13.9. The Labute approximate surface area is 124 Å². The molecule has 0 bridgehead atoms. The Bertz CT molecular complexity index is 500. The van der Waals surface area contributed by atoms with E-state index in [0.29, 0.717) is 6.04 Å². The van der Waals surface area contributed by atoms with Crippen molar-refractivity contribution in [3.05, 3.63) is 29.3 Å². The largest absolute Gasteiger partial charge is 0.316 e. The van der Waals surface area contributed by atoms with E-state index in [1.807, 2.05) is 7.05 Å². The Hall–Kier alpha value is -0.670. The Morgan fingerprint density at radius 2 is 1.85 bits per heavy atom. The van der Waals surface area contributed by atoms with Gasteiger partial charge in [0.05, 0.1) is 16.0 Å². The fourth-order valence-corrected chi connectivity index (χ4v) is 5.47. The Kier molecular flexibility index (Phi) is 4.57. The second-order valence-electron chi connectivity index (χ2n) is 6.15. The first kappa shape index (κ1) is 14.3. The molecule has 0 aromatic heterocycles. The van der Waals surface area contributed by atoms with Gasteiger partial charge < -0.3 is 5.32 Å². The summed E-state index contributed by atoms with van der Waals surface area (Å²) in [5, 5.41) is 3.68. The van der Waals surface area contributed by atoms with Gasteiger partial charge in [0, 0.05) is 10.9 Å². The second-order valence-corrected chi connectivity index (χ2v) is 7.82. The van der Waals surface area contributed by atoms with Gasteiger partial charge in [0.25, 0.3) is 0 Å². The number of rotatable bonds is 3. The fraction of sp³-hybridized carbons (Fsp3) is 0.647. The number of hydrogen-bond donors (Lipinski definition) is 1. The highest BCUT2D eigenvalue weighted by Gasteiger charge is 2.28. The molecular weight excluding hydrogens is 266 g/mol. The van der Waals surface area contributed by atoms with Crippen LogP contribution in [0.4, 0.5) is 0 Å². The van der Waals surface area contributed by atoms with Crippen LogP contribution in [-0.4, -0.2) is 22.5 Å². The monoisotopic (exact) mass is 291 g/mol. The minimum Gasteiger partial charge on any atom is -0.316 e. The van der Waals surface area contributed by atoms with E-state index in [9.17, 15) is 4.21 Å². The van der Waals surface area contributed by atoms with Crippen LogP contribution in [-0.2, 0) is 23.6 Å². The maximum atomic E-state index is 13.0. The van der Waals surface area contributed by atoms with Gasteiger partial charge in [-0.2, -0.15) is 0 Å². The first-order valence-corrected chi connectivity index (χ1v) is 9.20. The van der Waals surface area contributed by atoms with Crippen molar-refractivity contribution in [1.82, 2.24) is 5.32 Å². The molecule has 0 radical (unpaired) electrons. The van der Waals surface area contributed by atoms with E-state index in [1.54, 1.807) is 0 Å². The van der Waals surface area contributed by atoms with Crippen LogP contribution in [0, 0.1) is 0 Å². The average Bonchev–Trinajstić information content (AvgIpc) is 2.81. The summed E-state index contributed by atoms with van der Waals surface area (Å²) in [6.07, 6.45) is 9.66. The topological polar surface area (TPSA) is 29.1 Å². The lowest BCUT2D eigenvalue weighted by atomic mass is 10.1. The molecule has 1 fully saturated rings. The summed E-state index contributed by atoms with van der Waals surface area (Å²) in [6, 6.07) is 6.95. The summed E-state index contributed by atoms with van der Waals surface area (Å²) in [5.74, 6) is 0. The normalized spacial score (nSPS) is 27.9. The van der Waals surface area contributed by atoms with Crippen molar-refractivity contribution in [1.29, 1.82) is 0 Å². The first-order chi connectivity index (χ1) is 9.79. The predicted octanol–water partition coefficient (Wildman–Crippen LogP) is 3.20. The quantitative estimate of drug-likeness (QED) is 0.867. The molecule has 2 aliphatic rings. The van der Waals surface area contributed by atoms with Crippen LogP contribution < -0.4 is 5.32 Å². The molecule has 20 heavy (non-hydrogen) atoms. The van der Waals surface area contributed by atoms with Crippen LogP contribution in [0.2, 0.25) is 0 Å². The summed E-state index contributed by atoms with van der Waals surface area (Å²) in [5.41, 5.74) is 2.90. The van der Waals surface area contributed by atoms with Gasteiger partial charge in [0.15, 0.2) is 0 Å². The molecule has 1 aromatic rings.